The highest BCUT2D eigenvalue weighted by Gasteiger charge is 2.19. The summed E-state index contributed by atoms with van der Waals surface area (Å²) in [5, 5.41) is 4.78. The molecule has 0 amide bonds. The lowest BCUT2D eigenvalue weighted by molar-refractivity contribution is 0.669. The number of para-hydroxylation sites is 4. The van der Waals surface area contributed by atoms with Gasteiger partial charge in [0.15, 0.2) is 0 Å². The van der Waals surface area contributed by atoms with E-state index in [4.69, 9.17) is 4.42 Å². The van der Waals surface area contributed by atoms with Gasteiger partial charge in [0.25, 0.3) is 0 Å². The normalized spacial score (nSPS) is 11.5. The number of furan rings is 1. The molecule has 3 nitrogen and oxygen atoms in total. The van der Waals surface area contributed by atoms with E-state index in [1.165, 1.54) is 55.2 Å². The Morgan fingerprint density at radius 2 is 0.710 bits per heavy atom. The summed E-state index contributed by atoms with van der Waals surface area (Å²) >= 11 is 0. The van der Waals surface area contributed by atoms with E-state index in [1.54, 1.807) is 0 Å². The van der Waals surface area contributed by atoms with Gasteiger partial charge in [-0.15, -0.1) is 0 Å². The van der Waals surface area contributed by atoms with Gasteiger partial charge in [0, 0.05) is 44.2 Å². The Bertz CT molecular complexity index is 3940. The van der Waals surface area contributed by atoms with Crippen LogP contribution in [-0.4, -0.2) is 4.57 Å². The van der Waals surface area contributed by atoms with E-state index < -0.39 is 0 Å². The molecule has 0 atom stereocenters. The minimum Gasteiger partial charge on any atom is -0.456 e. The van der Waals surface area contributed by atoms with Crippen molar-refractivity contribution in [3.05, 3.63) is 267 Å². The number of hydrogen-bond donors (Lipinski definition) is 0. The molecule has 3 heteroatoms. The molecule has 0 saturated carbocycles. The van der Waals surface area contributed by atoms with Crippen LogP contribution in [0.15, 0.2) is 271 Å². The van der Waals surface area contributed by atoms with E-state index in [0.29, 0.717) is 0 Å². The molecule has 0 bridgehead atoms. The maximum Gasteiger partial charge on any atom is 0.136 e. The Labute approximate surface area is 401 Å². The van der Waals surface area contributed by atoms with Gasteiger partial charge in [0.05, 0.1) is 16.7 Å². The van der Waals surface area contributed by atoms with Crippen molar-refractivity contribution in [2.24, 2.45) is 0 Å². The van der Waals surface area contributed by atoms with Crippen molar-refractivity contribution in [2.75, 3.05) is 4.90 Å². The summed E-state index contributed by atoms with van der Waals surface area (Å²) in [5.41, 5.74) is 20.2. The van der Waals surface area contributed by atoms with Gasteiger partial charge in [-0.1, -0.05) is 182 Å². The van der Waals surface area contributed by atoms with Gasteiger partial charge in [-0.25, -0.2) is 0 Å². The van der Waals surface area contributed by atoms with E-state index in [2.05, 4.69) is 264 Å². The molecule has 0 spiro atoms. The molecule has 324 valence electrons. The highest BCUT2D eigenvalue weighted by atomic mass is 16.3. The van der Waals surface area contributed by atoms with E-state index >= 15 is 0 Å². The molecule has 13 rings (SSSR count). The van der Waals surface area contributed by atoms with Crippen LogP contribution in [0, 0.1) is 0 Å². The average Bonchev–Trinajstić information content (AvgIpc) is 3.97. The Morgan fingerprint density at radius 1 is 0.275 bits per heavy atom. The molecule has 13 aromatic rings. The molecule has 11 aromatic carbocycles. The Kier molecular flexibility index (Phi) is 9.84. The molecule has 0 unspecified atom stereocenters. The molecule has 2 aromatic heterocycles. The van der Waals surface area contributed by atoms with Crippen molar-refractivity contribution in [1.82, 2.24) is 4.57 Å². The number of nitrogens with zero attached hydrogens (tertiary/aromatic N) is 2. The number of anilines is 3. The Morgan fingerprint density at radius 3 is 1.30 bits per heavy atom. The Hall–Kier alpha value is -9.18. The van der Waals surface area contributed by atoms with Gasteiger partial charge < -0.3 is 13.9 Å². The van der Waals surface area contributed by atoms with Gasteiger partial charge in [-0.05, 0) is 135 Å². The second-order valence-corrected chi connectivity index (χ2v) is 17.7. The first-order valence-corrected chi connectivity index (χ1v) is 23.6. The summed E-state index contributed by atoms with van der Waals surface area (Å²) in [6, 6.07) is 96.1. The van der Waals surface area contributed by atoms with Crippen LogP contribution in [0.2, 0.25) is 0 Å². The van der Waals surface area contributed by atoms with Crippen LogP contribution >= 0.6 is 0 Å². The van der Waals surface area contributed by atoms with E-state index in [-0.39, 0.29) is 0 Å². The molecule has 0 aliphatic carbocycles. The van der Waals surface area contributed by atoms with Crippen LogP contribution in [-0.2, 0) is 0 Å². The van der Waals surface area contributed by atoms with Crippen molar-refractivity contribution in [3.63, 3.8) is 0 Å². The lowest BCUT2D eigenvalue weighted by Crippen LogP contribution is -2.11. The summed E-state index contributed by atoms with van der Waals surface area (Å²) < 4.78 is 8.77. The van der Waals surface area contributed by atoms with Crippen LogP contribution in [0.1, 0.15) is 0 Å². The zero-order valence-corrected chi connectivity index (χ0v) is 37.7. The smallest absolute Gasteiger partial charge is 0.136 e. The first-order valence-electron chi connectivity index (χ1n) is 23.6. The van der Waals surface area contributed by atoms with Gasteiger partial charge in [0.1, 0.15) is 11.2 Å². The van der Waals surface area contributed by atoms with Gasteiger partial charge in [-0.3, -0.25) is 0 Å². The molecule has 0 aliphatic rings. The molecular formula is C66H44N2O. The maximum atomic E-state index is 6.40. The lowest BCUT2D eigenvalue weighted by Gasteiger charge is -2.28. The Balaban J connectivity index is 0.858. The first kappa shape index (κ1) is 40.1. The predicted molar refractivity (Wildman–Crippen MR) is 290 cm³/mol. The largest absolute Gasteiger partial charge is 0.456 e. The highest BCUT2D eigenvalue weighted by molar-refractivity contribution is 6.09. The molecule has 69 heavy (non-hydrogen) atoms. The number of rotatable bonds is 9. The van der Waals surface area contributed by atoms with Crippen molar-refractivity contribution in [1.29, 1.82) is 0 Å². The molecule has 2 heterocycles. The standard InChI is InChI=1S/C66H44N2O/c1-2-14-45(15-3-1)49-16-12-17-50(42-49)46-28-35-54(36-29-46)67(62-24-8-4-20-57(62)53-34-41-61-60-23-7-11-27-65(60)69-66(61)44-53)55-37-30-47(31-38-55)51-18-13-19-52(43-51)48-32-39-56(40-33-48)68-63-25-9-5-21-58(63)59-22-6-10-26-64(59)68/h1-44H. The van der Waals surface area contributed by atoms with Crippen LogP contribution in [0.25, 0.3) is 105 Å². The van der Waals surface area contributed by atoms with Gasteiger partial charge in [-0.2, -0.15) is 0 Å². The van der Waals surface area contributed by atoms with Crippen LogP contribution in [0.3, 0.4) is 0 Å². The van der Waals surface area contributed by atoms with E-state index in [9.17, 15) is 0 Å². The van der Waals surface area contributed by atoms with E-state index in [1.807, 2.05) is 12.1 Å². The van der Waals surface area contributed by atoms with Crippen LogP contribution in [0.4, 0.5) is 17.1 Å². The quantitative estimate of drug-likeness (QED) is 0.144. The zero-order chi connectivity index (χ0) is 45.7. The maximum absolute atomic E-state index is 6.40. The average molecular weight is 881 g/mol. The minimum absolute atomic E-state index is 0.878. The van der Waals surface area contributed by atoms with Crippen molar-refractivity contribution >= 4 is 60.8 Å². The monoisotopic (exact) mass is 880 g/mol. The molecule has 0 fully saturated rings. The lowest BCUT2D eigenvalue weighted by atomic mass is 9.97. The second kappa shape index (κ2) is 16.9. The summed E-state index contributed by atoms with van der Waals surface area (Å²) in [6.45, 7) is 0. The fourth-order valence-electron chi connectivity index (χ4n) is 10.2. The fourth-order valence-corrected chi connectivity index (χ4v) is 10.2. The molecular weight excluding hydrogens is 837 g/mol. The first-order chi connectivity index (χ1) is 34.2. The molecule has 0 radical (unpaired) electrons. The third-order valence-electron chi connectivity index (χ3n) is 13.6. The summed E-state index contributed by atoms with van der Waals surface area (Å²) in [7, 11) is 0. The number of hydrogen-bond acceptors (Lipinski definition) is 2. The number of benzene rings is 11. The van der Waals surface area contributed by atoms with E-state index in [0.717, 1.165) is 66.9 Å². The minimum atomic E-state index is 0.878. The summed E-state index contributed by atoms with van der Waals surface area (Å²) in [4.78, 5) is 2.38. The zero-order valence-electron chi connectivity index (χ0n) is 37.7. The molecule has 0 aliphatic heterocycles. The SMILES string of the molecule is c1ccc(-c2cccc(-c3ccc(N(c4ccc(-c5cccc(-c6ccc(-n7c8ccccc8c8ccccc87)cc6)c5)cc4)c4ccccc4-c4ccc5c(c4)oc4ccccc45)cc3)c2)cc1. The summed E-state index contributed by atoms with van der Waals surface area (Å²) in [5.74, 6) is 0. The third-order valence-corrected chi connectivity index (χ3v) is 13.6. The number of fused-ring (bicyclic) bond motifs is 6. The molecule has 0 N–H and O–H groups in total. The number of aromatic nitrogens is 1. The van der Waals surface area contributed by atoms with Gasteiger partial charge in [0.2, 0.25) is 0 Å². The van der Waals surface area contributed by atoms with Crippen molar-refractivity contribution in [3.8, 4) is 61.3 Å². The second-order valence-electron chi connectivity index (χ2n) is 17.7. The van der Waals surface area contributed by atoms with Crippen LogP contribution in [0.5, 0.6) is 0 Å². The topological polar surface area (TPSA) is 21.3 Å². The van der Waals surface area contributed by atoms with Crippen molar-refractivity contribution in [2.45, 2.75) is 0 Å². The highest BCUT2D eigenvalue weighted by Crippen LogP contribution is 2.44. The fraction of sp³-hybridized carbons (Fsp3) is 0. The predicted octanol–water partition coefficient (Wildman–Crippen LogP) is 18.5. The third kappa shape index (κ3) is 7.25. The van der Waals surface area contributed by atoms with Crippen molar-refractivity contribution < 1.29 is 4.42 Å². The molecule has 0 saturated heterocycles. The van der Waals surface area contributed by atoms with Crippen LogP contribution < -0.4 is 4.90 Å². The van der Waals surface area contributed by atoms with Gasteiger partial charge >= 0.3 is 0 Å². The summed E-state index contributed by atoms with van der Waals surface area (Å²) in [6.07, 6.45) is 0.